The van der Waals surface area contributed by atoms with E-state index in [2.05, 4.69) is 25.3 Å². The lowest BCUT2D eigenvalue weighted by Gasteiger charge is -2.28. The Morgan fingerprint density at radius 2 is 1.82 bits per heavy atom. The van der Waals surface area contributed by atoms with Gasteiger partial charge in [0.15, 0.2) is 11.5 Å². The summed E-state index contributed by atoms with van der Waals surface area (Å²) in [5, 5.41) is 3.32. The molecular weight excluding hydrogens is 545 g/mol. The number of nitrogens with zero attached hydrogens (tertiary/aromatic N) is 5. The zero-order valence-electron chi connectivity index (χ0n) is 19.9. The van der Waals surface area contributed by atoms with Crippen LogP contribution in [0.15, 0.2) is 42.9 Å². The highest BCUT2D eigenvalue weighted by atomic mass is 35.5. The van der Waals surface area contributed by atoms with Crippen LogP contribution in [0.2, 0.25) is 5.02 Å². The number of aryl methyl sites for hydroxylation is 1. The van der Waals surface area contributed by atoms with Crippen molar-refractivity contribution in [1.29, 1.82) is 0 Å². The number of nitrogens with one attached hydrogen (secondary N) is 1. The first-order valence-electron chi connectivity index (χ1n) is 11.9. The number of benzene rings is 1. The van der Waals surface area contributed by atoms with E-state index in [0.29, 0.717) is 16.1 Å². The van der Waals surface area contributed by atoms with Crippen LogP contribution in [0.25, 0.3) is 17.2 Å². The number of aromatic nitrogens is 5. The molecule has 4 aromatic rings. The minimum Gasteiger partial charge on any atom is -0.383 e. The van der Waals surface area contributed by atoms with E-state index in [0.717, 1.165) is 12.8 Å². The normalized spacial score (nSPS) is 19.4. The molecule has 1 aliphatic carbocycles. The maximum absolute atomic E-state index is 13.6. The number of rotatable bonds is 6. The van der Waals surface area contributed by atoms with Crippen molar-refractivity contribution in [1.82, 2.24) is 24.3 Å². The minimum atomic E-state index is -5.69. The molecule has 0 bridgehead atoms. The maximum Gasteiger partial charge on any atom is 0.453 e. The van der Waals surface area contributed by atoms with Crippen LogP contribution in [0.4, 0.5) is 33.6 Å². The number of amides is 1. The van der Waals surface area contributed by atoms with Crippen molar-refractivity contribution in [3.63, 3.8) is 0 Å². The number of carbonyl (C=O) groups excluding carboxylic acids is 1. The molecule has 1 fully saturated rings. The number of hydrogen-bond acceptors (Lipinski definition) is 6. The minimum absolute atomic E-state index is 0.0212. The quantitative estimate of drug-likeness (QED) is 0.312. The Balaban J connectivity index is 1.43. The predicted molar refractivity (Wildman–Crippen MR) is 131 cm³/mol. The molecule has 1 aromatic carbocycles. The van der Waals surface area contributed by atoms with Gasteiger partial charge in [-0.15, -0.1) is 0 Å². The van der Waals surface area contributed by atoms with Crippen molar-refractivity contribution in [3.8, 4) is 11.5 Å². The van der Waals surface area contributed by atoms with Crippen molar-refractivity contribution in [2.24, 2.45) is 5.92 Å². The van der Waals surface area contributed by atoms with Crippen molar-refractivity contribution >= 4 is 34.8 Å². The average Bonchev–Trinajstić information content (AvgIpc) is 3.52. The second kappa shape index (κ2) is 8.57. The molecule has 202 valence electrons. The van der Waals surface area contributed by atoms with Gasteiger partial charge in [-0.1, -0.05) is 23.7 Å². The summed E-state index contributed by atoms with van der Waals surface area (Å²) < 4.78 is 66.9. The summed E-state index contributed by atoms with van der Waals surface area (Å²) in [6.07, 6.45) is -2.02. The monoisotopic (exact) mass is 563 g/mol. The van der Waals surface area contributed by atoms with Gasteiger partial charge >= 0.3 is 12.1 Å². The number of alkyl halides is 5. The first-order valence-corrected chi connectivity index (χ1v) is 12.3. The Morgan fingerprint density at radius 1 is 1.10 bits per heavy atom. The lowest BCUT2D eigenvalue weighted by Crippen LogP contribution is -2.38. The Hall–Kier alpha value is -3.87. The van der Waals surface area contributed by atoms with Gasteiger partial charge in [-0.3, -0.25) is 4.79 Å². The summed E-state index contributed by atoms with van der Waals surface area (Å²) in [6, 6.07) is 6.90. The fraction of sp³-hybridized carbons (Fsp3) is 0.320. The highest BCUT2D eigenvalue weighted by Crippen LogP contribution is 2.57. The van der Waals surface area contributed by atoms with Gasteiger partial charge in [0.2, 0.25) is 5.91 Å². The summed E-state index contributed by atoms with van der Waals surface area (Å²) in [6.45, 7) is 0. The Labute approximate surface area is 222 Å². The van der Waals surface area contributed by atoms with Gasteiger partial charge in [-0.25, -0.2) is 19.9 Å². The lowest BCUT2D eigenvalue weighted by atomic mass is 9.72. The first kappa shape index (κ1) is 25.4. The Kier molecular flexibility index (Phi) is 5.58. The molecule has 0 radical (unpaired) electrons. The van der Waals surface area contributed by atoms with E-state index in [4.69, 9.17) is 17.3 Å². The first-order chi connectivity index (χ1) is 18.4. The molecule has 1 aliphatic heterocycles. The fourth-order valence-corrected chi connectivity index (χ4v) is 5.34. The number of nitrogen functional groups attached to an aromatic ring is 1. The second-order valence-electron chi connectivity index (χ2n) is 9.63. The van der Waals surface area contributed by atoms with Crippen molar-refractivity contribution in [3.05, 3.63) is 64.7 Å². The average molecular weight is 564 g/mol. The van der Waals surface area contributed by atoms with E-state index >= 15 is 0 Å². The SMILES string of the molecule is Nc1nc(-c2cn3ccnc3c(CCC(F)(F)C(F)(F)F)n2)nc2c1C(c1ccc(Cl)cc1)(C1CC1)C(=O)N2. The highest BCUT2D eigenvalue weighted by molar-refractivity contribution is 6.30. The van der Waals surface area contributed by atoms with Crippen LogP contribution in [-0.4, -0.2) is 42.3 Å². The molecule has 1 unspecified atom stereocenters. The zero-order valence-corrected chi connectivity index (χ0v) is 20.7. The number of anilines is 2. The Bertz CT molecular complexity index is 1620. The van der Waals surface area contributed by atoms with Crippen molar-refractivity contribution in [2.75, 3.05) is 11.1 Å². The fourth-order valence-electron chi connectivity index (χ4n) is 5.21. The van der Waals surface area contributed by atoms with E-state index < -0.39 is 30.4 Å². The second-order valence-corrected chi connectivity index (χ2v) is 10.1. The number of fused-ring (bicyclic) bond motifs is 2. The molecule has 3 N–H and O–H groups in total. The topological polar surface area (TPSA) is 111 Å². The molecule has 6 rings (SSSR count). The molecular formula is C25H19ClF5N7O. The Morgan fingerprint density at radius 3 is 2.49 bits per heavy atom. The van der Waals surface area contributed by atoms with E-state index in [9.17, 15) is 26.7 Å². The van der Waals surface area contributed by atoms with Gasteiger partial charge in [0, 0.05) is 30.0 Å². The molecule has 4 heterocycles. The van der Waals surface area contributed by atoms with E-state index in [1.807, 2.05) is 0 Å². The maximum atomic E-state index is 13.6. The third-order valence-corrected chi connectivity index (χ3v) is 7.43. The van der Waals surface area contributed by atoms with Gasteiger partial charge < -0.3 is 15.5 Å². The van der Waals surface area contributed by atoms with Crippen LogP contribution in [0.1, 0.15) is 36.1 Å². The van der Waals surface area contributed by atoms with Gasteiger partial charge in [0.25, 0.3) is 0 Å². The van der Waals surface area contributed by atoms with Crippen LogP contribution < -0.4 is 11.1 Å². The third-order valence-electron chi connectivity index (χ3n) is 7.17. The molecule has 2 aliphatic rings. The van der Waals surface area contributed by atoms with Crippen molar-refractivity contribution in [2.45, 2.75) is 43.2 Å². The molecule has 0 saturated heterocycles. The van der Waals surface area contributed by atoms with Crippen LogP contribution in [0.3, 0.4) is 0 Å². The molecule has 1 atom stereocenters. The van der Waals surface area contributed by atoms with Crippen LogP contribution in [0, 0.1) is 5.92 Å². The zero-order chi connectivity index (χ0) is 27.7. The number of hydrogen-bond donors (Lipinski definition) is 2. The summed E-state index contributed by atoms with van der Waals surface area (Å²) in [4.78, 5) is 30.7. The molecule has 14 heteroatoms. The van der Waals surface area contributed by atoms with Gasteiger partial charge in [-0.2, -0.15) is 22.0 Å². The summed E-state index contributed by atoms with van der Waals surface area (Å²) >= 11 is 6.07. The van der Waals surface area contributed by atoms with Crippen molar-refractivity contribution < 1.29 is 26.7 Å². The largest absolute Gasteiger partial charge is 0.453 e. The number of halogens is 6. The predicted octanol–water partition coefficient (Wildman–Crippen LogP) is 5.20. The smallest absolute Gasteiger partial charge is 0.383 e. The summed E-state index contributed by atoms with van der Waals surface area (Å²) in [5.41, 5.74) is 6.53. The van der Waals surface area contributed by atoms with Gasteiger partial charge in [0.05, 0.1) is 11.3 Å². The standard InChI is InChI=1S/C25H19ClF5N7O/c26-14-5-3-13(4-6-14)24(12-1-2-12)17-18(32)35-19(36-20(17)37-22(24)39)16-11-38-10-9-33-21(38)15(34-16)7-8-23(27,28)25(29,30)31/h3-6,9-12H,1-2,7-8H2,(H3,32,35,36,37,39). The van der Waals surface area contributed by atoms with E-state index in [1.165, 1.54) is 23.0 Å². The number of nitrogens with two attached hydrogens (primary N) is 1. The third kappa shape index (κ3) is 3.98. The summed E-state index contributed by atoms with van der Waals surface area (Å²) in [7, 11) is 0. The van der Waals surface area contributed by atoms with Crippen LogP contribution in [0.5, 0.6) is 0 Å². The molecule has 1 saturated carbocycles. The molecule has 8 nitrogen and oxygen atoms in total. The molecule has 0 spiro atoms. The van der Waals surface area contributed by atoms with Gasteiger partial charge in [-0.05, 0) is 42.9 Å². The molecule has 39 heavy (non-hydrogen) atoms. The number of carbonyl (C=O) groups is 1. The highest BCUT2D eigenvalue weighted by Gasteiger charge is 2.59. The van der Waals surface area contributed by atoms with Crippen LogP contribution >= 0.6 is 11.6 Å². The lowest BCUT2D eigenvalue weighted by molar-refractivity contribution is -0.284. The van der Waals surface area contributed by atoms with Gasteiger partial charge in [0.1, 0.15) is 22.7 Å². The van der Waals surface area contributed by atoms with E-state index in [-0.39, 0.29) is 46.3 Å². The number of imidazole rings is 1. The molecule has 3 aromatic heterocycles. The van der Waals surface area contributed by atoms with Crippen LogP contribution in [-0.2, 0) is 16.6 Å². The summed E-state index contributed by atoms with van der Waals surface area (Å²) in [5.74, 6) is -5.07. The van der Waals surface area contributed by atoms with E-state index in [1.54, 1.807) is 24.3 Å². The molecule has 1 amide bonds.